The number of rotatable bonds is 9. The van der Waals surface area contributed by atoms with Gasteiger partial charge in [-0.25, -0.2) is 9.97 Å². The van der Waals surface area contributed by atoms with Crippen molar-refractivity contribution in [3.8, 4) is 56.0 Å². The molecular formula is C50H36N4. The lowest BCUT2D eigenvalue weighted by atomic mass is 9.98. The van der Waals surface area contributed by atoms with Gasteiger partial charge in [0.05, 0.1) is 5.69 Å². The van der Waals surface area contributed by atoms with Gasteiger partial charge in [0, 0.05) is 34.3 Å². The second-order valence-corrected chi connectivity index (χ2v) is 13.3. The van der Waals surface area contributed by atoms with Crippen molar-refractivity contribution in [2.45, 2.75) is 0 Å². The SMILES string of the molecule is c1ccc(-c2ccc(Nc3cccc(-c4ccc(-c5cccc(-c6nc(Nc7ccc8ccccc8c7)cc(-c7ccccc7)n6)c5)cc4)c3)cc2)cc1. The van der Waals surface area contributed by atoms with Gasteiger partial charge in [-0.05, 0) is 86.6 Å². The Morgan fingerprint density at radius 2 is 0.796 bits per heavy atom. The molecule has 4 heteroatoms. The Bertz CT molecular complexity index is 2690. The minimum absolute atomic E-state index is 0.664. The molecule has 0 spiro atoms. The van der Waals surface area contributed by atoms with Crippen LogP contribution in [0.5, 0.6) is 0 Å². The molecule has 0 aliphatic carbocycles. The fourth-order valence-corrected chi connectivity index (χ4v) is 6.82. The highest BCUT2D eigenvalue weighted by atomic mass is 15.0. The smallest absolute Gasteiger partial charge is 0.162 e. The van der Waals surface area contributed by atoms with E-state index in [9.17, 15) is 0 Å². The van der Waals surface area contributed by atoms with Gasteiger partial charge >= 0.3 is 0 Å². The average Bonchev–Trinajstić information content (AvgIpc) is 3.25. The predicted molar refractivity (Wildman–Crippen MR) is 226 cm³/mol. The summed E-state index contributed by atoms with van der Waals surface area (Å²) in [7, 11) is 0. The molecule has 54 heavy (non-hydrogen) atoms. The molecule has 1 heterocycles. The molecule has 0 radical (unpaired) electrons. The van der Waals surface area contributed by atoms with Crippen molar-refractivity contribution in [3.63, 3.8) is 0 Å². The summed E-state index contributed by atoms with van der Waals surface area (Å²) in [4.78, 5) is 10.1. The van der Waals surface area contributed by atoms with Gasteiger partial charge in [-0.1, -0.05) is 158 Å². The van der Waals surface area contributed by atoms with Crippen molar-refractivity contribution in [1.82, 2.24) is 9.97 Å². The molecule has 9 aromatic rings. The molecule has 0 atom stereocenters. The molecule has 8 aromatic carbocycles. The maximum absolute atomic E-state index is 5.05. The first-order chi connectivity index (χ1) is 26.7. The second kappa shape index (κ2) is 14.7. The fraction of sp³-hybridized carbons (Fsp3) is 0. The standard InChI is InChI=1S/C50H36N4/c1-3-11-35(12-4-1)37-25-28-45(29-26-37)51-46-20-10-18-43(32-46)39-23-21-38(22-24-39)41-17-9-19-44(31-41)50-53-48(40-14-5-2-6-15-40)34-49(54-50)52-47-30-27-36-13-7-8-16-42(36)33-47/h1-34,51H,(H,52,53,54). The Morgan fingerprint density at radius 3 is 1.54 bits per heavy atom. The summed E-state index contributed by atoms with van der Waals surface area (Å²) in [6.07, 6.45) is 0. The van der Waals surface area contributed by atoms with Crippen LogP contribution in [0, 0.1) is 0 Å². The lowest BCUT2D eigenvalue weighted by molar-refractivity contribution is 1.18. The summed E-state index contributed by atoms with van der Waals surface area (Å²) in [5.74, 6) is 1.40. The minimum Gasteiger partial charge on any atom is -0.356 e. The van der Waals surface area contributed by atoms with E-state index in [-0.39, 0.29) is 0 Å². The van der Waals surface area contributed by atoms with Gasteiger partial charge in [-0.2, -0.15) is 0 Å². The van der Waals surface area contributed by atoms with Crippen molar-refractivity contribution in [1.29, 1.82) is 0 Å². The third-order valence-electron chi connectivity index (χ3n) is 9.63. The largest absolute Gasteiger partial charge is 0.356 e. The maximum Gasteiger partial charge on any atom is 0.162 e. The molecule has 4 nitrogen and oxygen atoms in total. The quantitative estimate of drug-likeness (QED) is 0.158. The Hall–Kier alpha value is -7.30. The van der Waals surface area contributed by atoms with Gasteiger partial charge < -0.3 is 10.6 Å². The van der Waals surface area contributed by atoms with Gasteiger partial charge in [0.15, 0.2) is 5.82 Å². The van der Waals surface area contributed by atoms with Crippen LogP contribution in [-0.2, 0) is 0 Å². The highest BCUT2D eigenvalue weighted by Crippen LogP contribution is 2.32. The normalized spacial score (nSPS) is 11.0. The van der Waals surface area contributed by atoms with E-state index < -0.39 is 0 Å². The van der Waals surface area contributed by atoms with E-state index >= 15 is 0 Å². The van der Waals surface area contributed by atoms with E-state index in [1.165, 1.54) is 21.9 Å². The Labute approximate surface area is 315 Å². The summed E-state index contributed by atoms with van der Waals surface area (Å²) in [5.41, 5.74) is 12.9. The number of nitrogens with one attached hydrogen (secondary N) is 2. The molecule has 256 valence electrons. The van der Waals surface area contributed by atoms with Crippen molar-refractivity contribution in [2.75, 3.05) is 10.6 Å². The van der Waals surface area contributed by atoms with E-state index in [4.69, 9.17) is 9.97 Å². The van der Waals surface area contributed by atoms with Gasteiger partial charge in [-0.15, -0.1) is 0 Å². The Kier molecular flexibility index (Phi) is 8.90. The van der Waals surface area contributed by atoms with Crippen molar-refractivity contribution in [2.24, 2.45) is 0 Å². The molecule has 0 amide bonds. The topological polar surface area (TPSA) is 49.8 Å². The van der Waals surface area contributed by atoms with Crippen LogP contribution < -0.4 is 10.6 Å². The van der Waals surface area contributed by atoms with E-state index in [2.05, 4.69) is 187 Å². The van der Waals surface area contributed by atoms with Gasteiger partial charge in [0.1, 0.15) is 5.82 Å². The number of benzene rings is 8. The van der Waals surface area contributed by atoms with Crippen LogP contribution in [0.4, 0.5) is 22.9 Å². The van der Waals surface area contributed by atoms with Crippen LogP contribution in [0.15, 0.2) is 206 Å². The fourth-order valence-electron chi connectivity index (χ4n) is 6.82. The van der Waals surface area contributed by atoms with Gasteiger partial charge in [0.25, 0.3) is 0 Å². The molecule has 2 N–H and O–H groups in total. The zero-order valence-corrected chi connectivity index (χ0v) is 29.5. The zero-order valence-electron chi connectivity index (χ0n) is 29.5. The van der Waals surface area contributed by atoms with E-state index in [0.29, 0.717) is 5.82 Å². The summed E-state index contributed by atoms with van der Waals surface area (Å²) >= 11 is 0. The van der Waals surface area contributed by atoms with Crippen LogP contribution >= 0.6 is 0 Å². The van der Waals surface area contributed by atoms with Crippen molar-refractivity contribution in [3.05, 3.63) is 206 Å². The Balaban J connectivity index is 0.964. The van der Waals surface area contributed by atoms with E-state index in [0.717, 1.165) is 62.0 Å². The molecule has 0 fully saturated rings. The summed E-state index contributed by atoms with van der Waals surface area (Å²) in [5, 5.41) is 9.50. The number of hydrogen-bond acceptors (Lipinski definition) is 4. The Morgan fingerprint density at radius 1 is 0.278 bits per heavy atom. The van der Waals surface area contributed by atoms with Crippen LogP contribution in [0.3, 0.4) is 0 Å². The van der Waals surface area contributed by atoms with Gasteiger partial charge in [-0.3, -0.25) is 0 Å². The van der Waals surface area contributed by atoms with Crippen LogP contribution in [-0.4, -0.2) is 9.97 Å². The molecule has 0 aliphatic heterocycles. The molecular weight excluding hydrogens is 657 g/mol. The van der Waals surface area contributed by atoms with Crippen LogP contribution in [0.25, 0.3) is 66.8 Å². The average molecular weight is 693 g/mol. The number of hydrogen-bond donors (Lipinski definition) is 2. The third kappa shape index (κ3) is 7.22. The molecule has 0 saturated carbocycles. The highest BCUT2D eigenvalue weighted by molar-refractivity contribution is 5.86. The lowest BCUT2D eigenvalue weighted by Crippen LogP contribution is -1.99. The molecule has 1 aromatic heterocycles. The van der Waals surface area contributed by atoms with Crippen LogP contribution in [0.1, 0.15) is 0 Å². The van der Waals surface area contributed by atoms with Crippen LogP contribution in [0.2, 0.25) is 0 Å². The first-order valence-corrected chi connectivity index (χ1v) is 18.1. The summed E-state index contributed by atoms with van der Waals surface area (Å²) in [6.45, 7) is 0. The molecule has 0 unspecified atom stereocenters. The summed E-state index contributed by atoms with van der Waals surface area (Å²) in [6, 6.07) is 71.8. The minimum atomic E-state index is 0.664. The molecule has 9 rings (SSSR count). The second-order valence-electron chi connectivity index (χ2n) is 13.3. The number of nitrogens with zero attached hydrogens (tertiary/aromatic N) is 2. The lowest BCUT2D eigenvalue weighted by Gasteiger charge is -2.12. The molecule has 0 aliphatic rings. The van der Waals surface area contributed by atoms with E-state index in [1.54, 1.807) is 0 Å². The first kappa shape index (κ1) is 32.6. The molecule has 0 saturated heterocycles. The maximum atomic E-state index is 5.05. The zero-order chi connectivity index (χ0) is 36.1. The highest BCUT2D eigenvalue weighted by Gasteiger charge is 2.12. The van der Waals surface area contributed by atoms with Crippen molar-refractivity contribution >= 4 is 33.7 Å². The first-order valence-electron chi connectivity index (χ1n) is 18.1. The predicted octanol–water partition coefficient (Wildman–Crippen LogP) is 13.5. The monoisotopic (exact) mass is 692 g/mol. The van der Waals surface area contributed by atoms with Crippen molar-refractivity contribution < 1.29 is 0 Å². The third-order valence-corrected chi connectivity index (χ3v) is 9.63. The number of anilines is 4. The molecule has 0 bridgehead atoms. The number of fused-ring (bicyclic) bond motifs is 1. The van der Waals surface area contributed by atoms with E-state index in [1.807, 2.05) is 30.3 Å². The summed E-state index contributed by atoms with van der Waals surface area (Å²) < 4.78 is 0. The number of aromatic nitrogens is 2. The van der Waals surface area contributed by atoms with Gasteiger partial charge in [0.2, 0.25) is 0 Å².